The van der Waals surface area contributed by atoms with E-state index >= 15 is 0 Å². The summed E-state index contributed by atoms with van der Waals surface area (Å²) in [4.78, 5) is 36.1. The number of anilines is 3. The number of hydrogen-bond acceptors (Lipinski definition) is 4. The first-order chi connectivity index (χ1) is 14.5. The maximum absolute atomic E-state index is 12.5. The molecule has 3 aromatic carbocycles. The molecule has 152 valence electrons. The van der Waals surface area contributed by atoms with Crippen LogP contribution in [0.3, 0.4) is 0 Å². The molecule has 7 heteroatoms. The lowest BCUT2D eigenvalue weighted by Gasteiger charge is -2.12. The number of nitrogens with one attached hydrogen (secondary N) is 3. The molecule has 0 radical (unpaired) electrons. The average Bonchev–Trinajstić information content (AvgIpc) is 2.74. The SMILES string of the molecule is COc1ccc(NC(=O)c2ccc(NC(=O)c3ccccc3)cc2)cc1NC(C)=O. The highest BCUT2D eigenvalue weighted by molar-refractivity contribution is 6.06. The highest BCUT2D eigenvalue weighted by Gasteiger charge is 2.11. The van der Waals surface area contributed by atoms with Gasteiger partial charge in [-0.3, -0.25) is 14.4 Å². The summed E-state index contributed by atoms with van der Waals surface area (Å²) in [6.45, 7) is 1.39. The fourth-order valence-electron chi connectivity index (χ4n) is 2.77. The number of methoxy groups -OCH3 is 1. The summed E-state index contributed by atoms with van der Waals surface area (Å²) < 4.78 is 5.21. The molecular formula is C23H21N3O4. The minimum absolute atomic E-state index is 0.225. The predicted molar refractivity (Wildman–Crippen MR) is 116 cm³/mol. The van der Waals surface area contributed by atoms with E-state index in [-0.39, 0.29) is 17.7 Å². The van der Waals surface area contributed by atoms with Gasteiger partial charge in [0.2, 0.25) is 5.91 Å². The molecular weight excluding hydrogens is 382 g/mol. The van der Waals surface area contributed by atoms with Crippen LogP contribution in [-0.4, -0.2) is 24.8 Å². The smallest absolute Gasteiger partial charge is 0.255 e. The number of ether oxygens (including phenoxy) is 1. The van der Waals surface area contributed by atoms with E-state index in [1.54, 1.807) is 66.7 Å². The lowest BCUT2D eigenvalue weighted by Crippen LogP contribution is -2.14. The van der Waals surface area contributed by atoms with Crippen LogP contribution in [0.5, 0.6) is 5.75 Å². The molecule has 30 heavy (non-hydrogen) atoms. The molecule has 0 aliphatic carbocycles. The molecule has 0 unspecified atom stereocenters. The second kappa shape index (κ2) is 9.38. The van der Waals surface area contributed by atoms with E-state index in [0.29, 0.717) is 33.9 Å². The maximum Gasteiger partial charge on any atom is 0.255 e. The zero-order valence-electron chi connectivity index (χ0n) is 16.6. The Hall–Kier alpha value is -4.13. The van der Waals surface area contributed by atoms with Gasteiger partial charge in [0.25, 0.3) is 11.8 Å². The Kier molecular flexibility index (Phi) is 6.44. The summed E-state index contributed by atoms with van der Waals surface area (Å²) >= 11 is 0. The fraction of sp³-hybridized carbons (Fsp3) is 0.0870. The first-order valence-electron chi connectivity index (χ1n) is 9.19. The molecule has 0 heterocycles. The van der Waals surface area contributed by atoms with Gasteiger partial charge in [-0.05, 0) is 54.6 Å². The van der Waals surface area contributed by atoms with Crippen molar-refractivity contribution in [1.82, 2.24) is 0 Å². The standard InChI is InChI=1S/C23H21N3O4/c1-15(27)24-20-14-19(12-13-21(20)30-2)26-23(29)17-8-10-18(11-9-17)25-22(28)16-6-4-3-5-7-16/h3-14H,1-2H3,(H,24,27)(H,25,28)(H,26,29). The summed E-state index contributed by atoms with van der Waals surface area (Å²) in [5, 5.41) is 8.23. The maximum atomic E-state index is 12.5. The molecule has 0 bridgehead atoms. The van der Waals surface area contributed by atoms with Gasteiger partial charge in [0.1, 0.15) is 5.75 Å². The summed E-state index contributed by atoms with van der Waals surface area (Å²) in [6, 6.07) is 20.4. The van der Waals surface area contributed by atoms with Crippen molar-refractivity contribution >= 4 is 34.8 Å². The van der Waals surface area contributed by atoms with E-state index in [1.807, 2.05) is 6.07 Å². The number of carbonyl (C=O) groups excluding carboxylic acids is 3. The summed E-state index contributed by atoms with van der Waals surface area (Å²) in [7, 11) is 1.50. The van der Waals surface area contributed by atoms with Gasteiger partial charge >= 0.3 is 0 Å². The van der Waals surface area contributed by atoms with Crippen molar-refractivity contribution in [3.8, 4) is 5.75 Å². The number of benzene rings is 3. The van der Waals surface area contributed by atoms with Crippen LogP contribution in [0.4, 0.5) is 17.1 Å². The van der Waals surface area contributed by atoms with Gasteiger partial charge < -0.3 is 20.7 Å². The molecule has 0 aromatic heterocycles. The normalized spacial score (nSPS) is 10.1. The zero-order chi connectivity index (χ0) is 21.5. The molecule has 3 rings (SSSR count). The topological polar surface area (TPSA) is 96.5 Å². The van der Waals surface area contributed by atoms with Crippen LogP contribution in [0.15, 0.2) is 72.8 Å². The molecule has 0 aliphatic heterocycles. The Morgan fingerprint density at radius 3 is 1.87 bits per heavy atom. The van der Waals surface area contributed by atoms with Gasteiger partial charge in [-0.2, -0.15) is 0 Å². The Balaban J connectivity index is 1.67. The Morgan fingerprint density at radius 2 is 1.27 bits per heavy atom. The summed E-state index contributed by atoms with van der Waals surface area (Å²) in [5.74, 6) is -0.307. The second-order valence-corrected chi connectivity index (χ2v) is 6.45. The van der Waals surface area contributed by atoms with Crippen LogP contribution in [0.2, 0.25) is 0 Å². The van der Waals surface area contributed by atoms with E-state index in [2.05, 4.69) is 16.0 Å². The van der Waals surface area contributed by atoms with E-state index in [9.17, 15) is 14.4 Å². The quantitative estimate of drug-likeness (QED) is 0.576. The van der Waals surface area contributed by atoms with Crippen LogP contribution in [0, 0.1) is 0 Å². The van der Waals surface area contributed by atoms with Crippen LogP contribution >= 0.6 is 0 Å². The molecule has 0 fully saturated rings. The monoisotopic (exact) mass is 403 g/mol. The van der Waals surface area contributed by atoms with Gasteiger partial charge in [0.15, 0.2) is 0 Å². The number of carbonyl (C=O) groups is 3. The van der Waals surface area contributed by atoms with Crippen molar-refractivity contribution in [1.29, 1.82) is 0 Å². The Morgan fingerprint density at radius 1 is 0.700 bits per heavy atom. The zero-order valence-corrected chi connectivity index (χ0v) is 16.6. The highest BCUT2D eigenvalue weighted by atomic mass is 16.5. The van der Waals surface area contributed by atoms with Crippen LogP contribution in [0.1, 0.15) is 27.6 Å². The van der Waals surface area contributed by atoms with E-state index in [4.69, 9.17) is 4.74 Å². The second-order valence-electron chi connectivity index (χ2n) is 6.45. The molecule has 3 aromatic rings. The molecule has 0 spiro atoms. The predicted octanol–water partition coefficient (Wildman–Crippen LogP) is 4.16. The Labute approximate surface area is 174 Å². The van der Waals surface area contributed by atoms with Gasteiger partial charge in [-0.25, -0.2) is 0 Å². The van der Waals surface area contributed by atoms with E-state index in [1.165, 1.54) is 14.0 Å². The van der Waals surface area contributed by atoms with Crippen molar-refractivity contribution in [2.24, 2.45) is 0 Å². The molecule has 0 atom stereocenters. The lowest BCUT2D eigenvalue weighted by molar-refractivity contribution is -0.114. The minimum Gasteiger partial charge on any atom is -0.495 e. The third-order valence-electron chi connectivity index (χ3n) is 4.21. The lowest BCUT2D eigenvalue weighted by atomic mass is 10.1. The van der Waals surface area contributed by atoms with Crippen LogP contribution in [-0.2, 0) is 4.79 Å². The van der Waals surface area contributed by atoms with Gasteiger partial charge in [0, 0.05) is 29.4 Å². The molecule has 0 saturated carbocycles. The van der Waals surface area contributed by atoms with Crippen LogP contribution in [0.25, 0.3) is 0 Å². The molecule has 0 aliphatic rings. The van der Waals surface area contributed by atoms with E-state index < -0.39 is 0 Å². The summed E-state index contributed by atoms with van der Waals surface area (Å²) in [6.07, 6.45) is 0. The van der Waals surface area contributed by atoms with Gasteiger partial charge in [-0.15, -0.1) is 0 Å². The van der Waals surface area contributed by atoms with Crippen molar-refractivity contribution in [3.05, 3.63) is 83.9 Å². The molecule has 3 N–H and O–H groups in total. The number of hydrogen-bond donors (Lipinski definition) is 3. The Bertz CT molecular complexity index is 1060. The highest BCUT2D eigenvalue weighted by Crippen LogP contribution is 2.28. The van der Waals surface area contributed by atoms with Gasteiger partial charge in [-0.1, -0.05) is 18.2 Å². The van der Waals surface area contributed by atoms with Gasteiger partial charge in [0.05, 0.1) is 12.8 Å². The average molecular weight is 403 g/mol. The van der Waals surface area contributed by atoms with Crippen molar-refractivity contribution < 1.29 is 19.1 Å². The molecule has 7 nitrogen and oxygen atoms in total. The van der Waals surface area contributed by atoms with Crippen molar-refractivity contribution in [3.63, 3.8) is 0 Å². The third kappa shape index (κ3) is 5.23. The first-order valence-corrected chi connectivity index (χ1v) is 9.19. The fourth-order valence-corrected chi connectivity index (χ4v) is 2.77. The summed E-state index contributed by atoms with van der Waals surface area (Å²) in [5.41, 5.74) is 2.52. The van der Waals surface area contributed by atoms with E-state index in [0.717, 1.165) is 0 Å². The van der Waals surface area contributed by atoms with Crippen molar-refractivity contribution in [2.75, 3.05) is 23.1 Å². The van der Waals surface area contributed by atoms with Crippen molar-refractivity contribution in [2.45, 2.75) is 6.92 Å². The first kappa shape index (κ1) is 20.6. The third-order valence-corrected chi connectivity index (χ3v) is 4.21. The molecule has 0 saturated heterocycles. The number of amides is 3. The number of rotatable bonds is 6. The largest absolute Gasteiger partial charge is 0.495 e. The van der Waals surface area contributed by atoms with Crippen LogP contribution < -0.4 is 20.7 Å². The molecule has 3 amide bonds. The minimum atomic E-state index is -0.324.